The molecule has 0 fully saturated rings. The molecule has 25 heavy (non-hydrogen) atoms. The number of rotatable bonds is 4. The predicted molar refractivity (Wildman–Crippen MR) is 89.5 cm³/mol. The summed E-state index contributed by atoms with van der Waals surface area (Å²) >= 11 is 0. The van der Waals surface area contributed by atoms with E-state index in [1.807, 2.05) is 6.92 Å². The zero-order chi connectivity index (χ0) is 18.0. The Hall–Kier alpha value is -3.35. The van der Waals surface area contributed by atoms with Crippen molar-refractivity contribution in [2.45, 2.75) is 13.3 Å². The number of hydrogen-bond acceptors (Lipinski definition) is 5. The second kappa shape index (κ2) is 6.64. The van der Waals surface area contributed by atoms with E-state index in [4.69, 9.17) is 4.74 Å². The van der Waals surface area contributed by atoms with Crippen molar-refractivity contribution in [2.24, 2.45) is 4.99 Å². The van der Waals surface area contributed by atoms with E-state index in [0.29, 0.717) is 23.1 Å². The molecule has 1 aliphatic rings. The highest BCUT2D eigenvalue weighted by Crippen LogP contribution is 2.24. The van der Waals surface area contributed by atoms with Gasteiger partial charge >= 0.3 is 5.97 Å². The Morgan fingerprint density at radius 3 is 2.60 bits per heavy atom. The maximum atomic E-state index is 13.0. The molecule has 7 heteroatoms. The summed E-state index contributed by atoms with van der Waals surface area (Å²) in [7, 11) is 0. The lowest BCUT2D eigenvalue weighted by molar-refractivity contribution is -0.385. The maximum Gasteiger partial charge on any atom is 0.363 e. The topological polar surface area (TPSA) is 81.8 Å². The van der Waals surface area contributed by atoms with Crippen molar-refractivity contribution in [3.05, 3.63) is 80.8 Å². The van der Waals surface area contributed by atoms with Gasteiger partial charge in [-0.05, 0) is 42.3 Å². The van der Waals surface area contributed by atoms with Crippen molar-refractivity contribution in [1.29, 1.82) is 0 Å². The van der Waals surface area contributed by atoms with Gasteiger partial charge in [0.1, 0.15) is 5.82 Å². The standard InChI is InChI=1S/C18H13FN2O4/c1-2-12-4-3-11(10-16(12)21(23)24)9-15-18(22)25-17(20-15)13-5-7-14(19)8-6-13/h3-10H,2H2,1H3/b15-9-. The molecule has 0 amide bonds. The molecule has 0 bridgehead atoms. The Morgan fingerprint density at radius 2 is 1.96 bits per heavy atom. The summed E-state index contributed by atoms with van der Waals surface area (Å²) in [5.74, 6) is -1.01. The van der Waals surface area contributed by atoms with Crippen LogP contribution in [0.5, 0.6) is 0 Å². The van der Waals surface area contributed by atoms with E-state index in [1.165, 1.54) is 36.4 Å². The molecule has 6 nitrogen and oxygen atoms in total. The van der Waals surface area contributed by atoms with Crippen molar-refractivity contribution in [3.8, 4) is 0 Å². The van der Waals surface area contributed by atoms with Crippen molar-refractivity contribution < 1.29 is 18.8 Å². The molecule has 0 radical (unpaired) electrons. The Morgan fingerprint density at radius 1 is 1.24 bits per heavy atom. The van der Waals surface area contributed by atoms with Crippen molar-refractivity contribution >= 4 is 23.6 Å². The van der Waals surface area contributed by atoms with E-state index < -0.39 is 16.7 Å². The van der Waals surface area contributed by atoms with Crippen LogP contribution in [0.3, 0.4) is 0 Å². The smallest absolute Gasteiger partial charge is 0.363 e. The van der Waals surface area contributed by atoms with Gasteiger partial charge < -0.3 is 4.74 Å². The van der Waals surface area contributed by atoms with Crippen LogP contribution in [0.15, 0.2) is 53.2 Å². The highest BCUT2D eigenvalue weighted by Gasteiger charge is 2.24. The first-order chi connectivity index (χ1) is 12.0. The molecule has 2 aromatic rings. The highest BCUT2D eigenvalue weighted by atomic mass is 19.1. The monoisotopic (exact) mass is 340 g/mol. The average molecular weight is 340 g/mol. The number of aryl methyl sites for hydroxylation is 1. The van der Waals surface area contributed by atoms with Gasteiger partial charge in [-0.25, -0.2) is 14.2 Å². The number of hydrogen-bond donors (Lipinski definition) is 0. The molecule has 0 unspecified atom stereocenters. The van der Waals surface area contributed by atoms with Gasteiger partial charge in [0, 0.05) is 17.2 Å². The normalized spacial score (nSPS) is 15.2. The lowest BCUT2D eigenvalue weighted by atomic mass is 10.1. The van der Waals surface area contributed by atoms with Crippen LogP contribution >= 0.6 is 0 Å². The number of benzene rings is 2. The molecule has 126 valence electrons. The van der Waals surface area contributed by atoms with Gasteiger partial charge in [-0.1, -0.05) is 19.1 Å². The number of nitro benzene ring substituents is 1. The zero-order valence-electron chi connectivity index (χ0n) is 13.2. The summed E-state index contributed by atoms with van der Waals surface area (Å²) < 4.78 is 18.0. The summed E-state index contributed by atoms with van der Waals surface area (Å²) in [4.78, 5) is 26.7. The minimum Gasteiger partial charge on any atom is -0.402 e. The first kappa shape index (κ1) is 16.5. The fourth-order valence-electron chi connectivity index (χ4n) is 2.42. The van der Waals surface area contributed by atoms with Crippen LogP contribution in [-0.4, -0.2) is 16.8 Å². The Bertz CT molecular complexity index is 917. The van der Waals surface area contributed by atoms with E-state index in [-0.39, 0.29) is 17.3 Å². The number of nitro groups is 1. The highest BCUT2D eigenvalue weighted by molar-refractivity contribution is 6.12. The van der Waals surface area contributed by atoms with Crippen LogP contribution in [0.2, 0.25) is 0 Å². The van der Waals surface area contributed by atoms with Crippen LogP contribution in [0.25, 0.3) is 6.08 Å². The minimum atomic E-state index is -0.665. The van der Waals surface area contributed by atoms with Gasteiger partial charge in [0.2, 0.25) is 5.90 Å². The molecule has 1 heterocycles. The molecular weight excluding hydrogens is 327 g/mol. The molecule has 1 aliphatic heterocycles. The summed E-state index contributed by atoms with van der Waals surface area (Å²) in [5.41, 5.74) is 1.56. The van der Waals surface area contributed by atoms with E-state index in [2.05, 4.69) is 4.99 Å². The van der Waals surface area contributed by atoms with E-state index in [9.17, 15) is 19.3 Å². The summed E-state index contributed by atoms with van der Waals surface area (Å²) in [5, 5.41) is 11.1. The first-order valence-electron chi connectivity index (χ1n) is 7.53. The fraction of sp³-hybridized carbons (Fsp3) is 0.111. The van der Waals surface area contributed by atoms with Crippen LogP contribution in [0, 0.1) is 15.9 Å². The van der Waals surface area contributed by atoms with Gasteiger partial charge in [-0.15, -0.1) is 0 Å². The summed E-state index contributed by atoms with van der Waals surface area (Å²) in [6, 6.07) is 10.1. The van der Waals surface area contributed by atoms with Gasteiger partial charge in [-0.3, -0.25) is 10.1 Å². The molecule has 0 saturated carbocycles. The van der Waals surface area contributed by atoms with E-state index in [0.717, 1.165) is 0 Å². The number of esters is 1. The molecule has 0 atom stereocenters. The predicted octanol–water partition coefficient (Wildman–Crippen LogP) is 3.64. The molecule has 0 aromatic heterocycles. The molecule has 0 spiro atoms. The molecule has 3 rings (SSSR count). The fourth-order valence-corrected chi connectivity index (χ4v) is 2.42. The Labute approximate surface area is 142 Å². The lowest BCUT2D eigenvalue weighted by Crippen LogP contribution is -2.05. The number of cyclic esters (lactones) is 1. The third-order valence-corrected chi connectivity index (χ3v) is 3.70. The number of nitrogens with zero attached hydrogens (tertiary/aromatic N) is 2. The van der Waals surface area contributed by atoms with Crippen LogP contribution in [-0.2, 0) is 16.0 Å². The first-order valence-corrected chi connectivity index (χ1v) is 7.53. The molecule has 0 saturated heterocycles. The van der Waals surface area contributed by atoms with Crippen molar-refractivity contribution in [1.82, 2.24) is 0 Å². The number of ether oxygens (including phenoxy) is 1. The number of aliphatic imine (C=N–C) groups is 1. The van der Waals surface area contributed by atoms with Gasteiger partial charge in [-0.2, -0.15) is 0 Å². The molecule has 2 aromatic carbocycles. The lowest BCUT2D eigenvalue weighted by Gasteiger charge is -2.01. The second-order valence-corrected chi connectivity index (χ2v) is 5.34. The number of carbonyl (C=O) groups excluding carboxylic acids is 1. The second-order valence-electron chi connectivity index (χ2n) is 5.34. The quantitative estimate of drug-likeness (QED) is 0.368. The molecule has 0 aliphatic carbocycles. The largest absolute Gasteiger partial charge is 0.402 e. The van der Waals surface area contributed by atoms with Crippen LogP contribution in [0.4, 0.5) is 10.1 Å². The Balaban J connectivity index is 1.95. The maximum absolute atomic E-state index is 13.0. The molecule has 0 N–H and O–H groups in total. The summed E-state index contributed by atoms with van der Waals surface area (Å²) in [6.45, 7) is 1.83. The zero-order valence-corrected chi connectivity index (χ0v) is 13.2. The van der Waals surface area contributed by atoms with Crippen LogP contribution < -0.4 is 0 Å². The third-order valence-electron chi connectivity index (χ3n) is 3.70. The van der Waals surface area contributed by atoms with Crippen molar-refractivity contribution in [3.63, 3.8) is 0 Å². The number of carbonyl (C=O) groups is 1. The van der Waals surface area contributed by atoms with Crippen molar-refractivity contribution in [2.75, 3.05) is 0 Å². The third kappa shape index (κ3) is 3.45. The van der Waals surface area contributed by atoms with Gasteiger partial charge in [0.25, 0.3) is 5.69 Å². The van der Waals surface area contributed by atoms with Gasteiger partial charge in [0.15, 0.2) is 5.70 Å². The SMILES string of the molecule is CCc1ccc(/C=C2\N=C(c3ccc(F)cc3)OC2=O)cc1[N+](=O)[O-]. The minimum absolute atomic E-state index is 0.00838. The average Bonchev–Trinajstić information content (AvgIpc) is 2.96. The van der Waals surface area contributed by atoms with Gasteiger partial charge in [0.05, 0.1) is 4.92 Å². The number of halogens is 1. The Kier molecular flexibility index (Phi) is 4.38. The van der Waals surface area contributed by atoms with Crippen LogP contribution in [0.1, 0.15) is 23.6 Å². The van der Waals surface area contributed by atoms with E-state index in [1.54, 1.807) is 12.1 Å². The molecular formula is C18H13FN2O4. The summed E-state index contributed by atoms with van der Waals surface area (Å²) in [6.07, 6.45) is 1.95. The van der Waals surface area contributed by atoms with E-state index >= 15 is 0 Å².